The molecule has 1 atom stereocenters. The number of methoxy groups -OCH3 is 1. The molecule has 2 N–H and O–H groups in total. The number of anilines is 1. The SMILES string of the molecule is COc1ccc(C)cc1-c1csc(NC(=O)CC2COCCN2)n1. The average molecular weight is 347 g/mol. The van der Waals surface area contributed by atoms with E-state index in [9.17, 15) is 4.79 Å². The number of thiazole rings is 1. The highest BCUT2D eigenvalue weighted by atomic mass is 32.1. The third-order valence-corrected chi connectivity index (χ3v) is 4.57. The predicted octanol–water partition coefficient (Wildman–Crippen LogP) is 2.44. The number of benzene rings is 1. The summed E-state index contributed by atoms with van der Waals surface area (Å²) in [5.41, 5.74) is 2.86. The number of morpholine rings is 1. The lowest BCUT2D eigenvalue weighted by molar-refractivity contribution is -0.117. The van der Waals surface area contributed by atoms with Crippen molar-refractivity contribution in [1.29, 1.82) is 0 Å². The summed E-state index contributed by atoms with van der Waals surface area (Å²) in [6.07, 6.45) is 0.378. The van der Waals surface area contributed by atoms with Crippen molar-refractivity contribution in [2.45, 2.75) is 19.4 Å². The van der Waals surface area contributed by atoms with Gasteiger partial charge in [-0.05, 0) is 19.1 Å². The first kappa shape index (κ1) is 16.9. The van der Waals surface area contributed by atoms with Crippen LogP contribution < -0.4 is 15.4 Å². The number of carbonyl (C=O) groups is 1. The minimum absolute atomic E-state index is 0.0601. The maximum atomic E-state index is 12.1. The fraction of sp³-hybridized carbons (Fsp3) is 0.412. The van der Waals surface area contributed by atoms with Gasteiger partial charge in [-0.25, -0.2) is 4.98 Å². The molecule has 1 unspecified atom stereocenters. The van der Waals surface area contributed by atoms with Gasteiger partial charge in [0.15, 0.2) is 5.13 Å². The van der Waals surface area contributed by atoms with Crippen LogP contribution in [0.5, 0.6) is 5.75 Å². The molecule has 24 heavy (non-hydrogen) atoms. The van der Waals surface area contributed by atoms with Crippen molar-refractivity contribution >= 4 is 22.4 Å². The average Bonchev–Trinajstić information content (AvgIpc) is 3.04. The van der Waals surface area contributed by atoms with Gasteiger partial charge in [0.2, 0.25) is 5.91 Å². The summed E-state index contributed by atoms with van der Waals surface area (Å²) >= 11 is 1.41. The summed E-state index contributed by atoms with van der Waals surface area (Å²) in [6, 6.07) is 6.02. The van der Waals surface area contributed by atoms with Crippen LogP contribution in [-0.4, -0.2) is 43.8 Å². The molecule has 0 saturated carbocycles. The summed E-state index contributed by atoms with van der Waals surface area (Å²) in [7, 11) is 1.64. The van der Waals surface area contributed by atoms with E-state index in [1.165, 1.54) is 11.3 Å². The lowest BCUT2D eigenvalue weighted by atomic mass is 10.1. The number of nitrogens with zero attached hydrogens (tertiary/aromatic N) is 1. The van der Waals surface area contributed by atoms with Crippen LogP contribution in [0, 0.1) is 6.92 Å². The van der Waals surface area contributed by atoms with Gasteiger partial charge in [0.05, 0.1) is 26.0 Å². The Morgan fingerprint density at radius 2 is 2.42 bits per heavy atom. The van der Waals surface area contributed by atoms with Crippen molar-refractivity contribution in [2.75, 3.05) is 32.2 Å². The fourth-order valence-corrected chi connectivity index (χ4v) is 3.35. The third kappa shape index (κ3) is 4.11. The highest BCUT2D eigenvalue weighted by molar-refractivity contribution is 7.14. The first-order chi connectivity index (χ1) is 11.7. The van der Waals surface area contributed by atoms with Crippen LogP contribution in [0.4, 0.5) is 5.13 Å². The quantitative estimate of drug-likeness (QED) is 0.869. The van der Waals surface area contributed by atoms with Gasteiger partial charge in [-0.2, -0.15) is 0 Å². The van der Waals surface area contributed by atoms with E-state index in [2.05, 4.69) is 15.6 Å². The van der Waals surface area contributed by atoms with Gasteiger partial charge in [-0.1, -0.05) is 11.6 Å². The van der Waals surface area contributed by atoms with E-state index < -0.39 is 0 Å². The minimum atomic E-state index is -0.0601. The van der Waals surface area contributed by atoms with Crippen molar-refractivity contribution in [3.63, 3.8) is 0 Å². The predicted molar refractivity (Wildman–Crippen MR) is 94.7 cm³/mol. The second kappa shape index (κ2) is 7.74. The van der Waals surface area contributed by atoms with Gasteiger partial charge in [0.1, 0.15) is 5.75 Å². The maximum absolute atomic E-state index is 12.1. The first-order valence-corrected chi connectivity index (χ1v) is 8.75. The highest BCUT2D eigenvalue weighted by Crippen LogP contribution is 2.33. The molecule has 6 nitrogen and oxygen atoms in total. The number of hydrogen-bond donors (Lipinski definition) is 2. The molecule has 7 heteroatoms. The Morgan fingerprint density at radius 3 is 3.17 bits per heavy atom. The molecular formula is C17H21N3O3S. The van der Waals surface area contributed by atoms with Crippen molar-refractivity contribution in [1.82, 2.24) is 10.3 Å². The van der Waals surface area contributed by atoms with Crippen LogP contribution in [0.1, 0.15) is 12.0 Å². The highest BCUT2D eigenvalue weighted by Gasteiger charge is 2.18. The molecule has 2 heterocycles. The first-order valence-electron chi connectivity index (χ1n) is 7.87. The third-order valence-electron chi connectivity index (χ3n) is 3.81. The monoisotopic (exact) mass is 347 g/mol. The number of amides is 1. The minimum Gasteiger partial charge on any atom is -0.496 e. The van der Waals surface area contributed by atoms with E-state index in [0.717, 1.165) is 29.1 Å². The molecule has 3 rings (SSSR count). The van der Waals surface area contributed by atoms with Gasteiger partial charge in [0, 0.05) is 30.0 Å². The summed E-state index contributed by atoms with van der Waals surface area (Å²) in [4.78, 5) is 16.7. The molecule has 1 aromatic heterocycles. The molecule has 0 bridgehead atoms. The van der Waals surface area contributed by atoms with Gasteiger partial charge in [-0.3, -0.25) is 4.79 Å². The molecule has 0 spiro atoms. The van der Waals surface area contributed by atoms with Gasteiger partial charge in [0.25, 0.3) is 0 Å². The van der Waals surface area contributed by atoms with E-state index in [1.54, 1.807) is 7.11 Å². The molecule has 1 saturated heterocycles. The van der Waals surface area contributed by atoms with Crippen molar-refractivity contribution < 1.29 is 14.3 Å². The van der Waals surface area contributed by atoms with E-state index in [1.807, 2.05) is 30.5 Å². The standard InChI is InChI=1S/C17H21N3O3S/c1-11-3-4-15(22-2)13(7-11)14-10-24-17(19-14)20-16(21)8-12-9-23-6-5-18-12/h3-4,7,10,12,18H,5-6,8-9H2,1-2H3,(H,19,20,21). The second-order valence-corrected chi connectivity index (χ2v) is 6.58. The molecule has 1 aliphatic heterocycles. The summed E-state index contributed by atoms with van der Waals surface area (Å²) in [6.45, 7) is 4.08. The Labute approximate surface area is 145 Å². The number of carbonyl (C=O) groups excluding carboxylic acids is 1. The molecule has 128 valence electrons. The van der Waals surface area contributed by atoms with E-state index in [0.29, 0.717) is 24.8 Å². The molecule has 1 fully saturated rings. The zero-order valence-corrected chi connectivity index (χ0v) is 14.6. The molecular weight excluding hydrogens is 326 g/mol. The van der Waals surface area contributed by atoms with Crippen LogP contribution in [0.15, 0.2) is 23.6 Å². The number of hydrogen-bond acceptors (Lipinski definition) is 6. The largest absolute Gasteiger partial charge is 0.496 e. The Morgan fingerprint density at radius 1 is 1.54 bits per heavy atom. The molecule has 2 aromatic rings. The number of aryl methyl sites for hydroxylation is 1. The number of rotatable bonds is 5. The lowest BCUT2D eigenvalue weighted by Crippen LogP contribution is -2.43. The normalized spacial score (nSPS) is 17.5. The Hall–Kier alpha value is -1.96. The van der Waals surface area contributed by atoms with E-state index in [4.69, 9.17) is 9.47 Å². The van der Waals surface area contributed by atoms with Crippen LogP contribution in [0.25, 0.3) is 11.3 Å². The van der Waals surface area contributed by atoms with Crippen LogP contribution in [-0.2, 0) is 9.53 Å². The fourth-order valence-electron chi connectivity index (χ4n) is 2.62. The van der Waals surface area contributed by atoms with Crippen LogP contribution >= 0.6 is 11.3 Å². The molecule has 1 aliphatic rings. The molecule has 1 aromatic carbocycles. The maximum Gasteiger partial charge on any atom is 0.227 e. The van der Waals surface area contributed by atoms with Crippen LogP contribution in [0.3, 0.4) is 0 Å². The molecule has 0 radical (unpaired) electrons. The van der Waals surface area contributed by atoms with Crippen molar-refractivity contribution in [2.24, 2.45) is 0 Å². The van der Waals surface area contributed by atoms with Gasteiger partial charge < -0.3 is 20.1 Å². The van der Waals surface area contributed by atoms with Gasteiger partial charge in [-0.15, -0.1) is 11.3 Å². The number of aromatic nitrogens is 1. The zero-order valence-electron chi connectivity index (χ0n) is 13.8. The van der Waals surface area contributed by atoms with Crippen molar-refractivity contribution in [3.8, 4) is 17.0 Å². The summed E-state index contributed by atoms with van der Waals surface area (Å²) in [5.74, 6) is 0.711. The summed E-state index contributed by atoms with van der Waals surface area (Å²) in [5, 5.41) is 8.65. The van der Waals surface area contributed by atoms with E-state index in [-0.39, 0.29) is 11.9 Å². The van der Waals surface area contributed by atoms with E-state index >= 15 is 0 Å². The lowest BCUT2D eigenvalue weighted by Gasteiger charge is -2.22. The number of ether oxygens (including phenoxy) is 2. The zero-order chi connectivity index (χ0) is 16.9. The molecule has 0 aliphatic carbocycles. The Bertz CT molecular complexity index is 711. The van der Waals surface area contributed by atoms with Crippen LogP contribution in [0.2, 0.25) is 0 Å². The molecule has 1 amide bonds. The Balaban J connectivity index is 1.67. The second-order valence-electron chi connectivity index (χ2n) is 5.72. The number of nitrogens with one attached hydrogen (secondary N) is 2. The smallest absolute Gasteiger partial charge is 0.227 e. The van der Waals surface area contributed by atoms with Crippen molar-refractivity contribution in [3.05, 3.63) is 29.1 Å². The summed E-state index contributed by atoms with van der Waals surface area (Å²) < 4.78 is 10.8. The Kier molecular flexibility index (Phi) is 5.44. The topological polar surface area (TPSA) is 72.5 Å². The van der Waals surface area contributed by atoms with Gasteiger partial charge >= 0.3 is 0 Å².